The summed E-state index contributed by atoms with van der Waals surface area (Å²) in [7, 11) is 1.67. The fourth-order valence-electron chi connectivity index (χ4n) is 2.11. The Balaban J connectivity index is 2.17. The van der Waals surface area contributed by atoms with Crippen LogP contribution in [0.3, 0.4) is 0 Å². The van der Waals surface area contributed by atoms with E-state index in [0.717, 1.165) is 38.4 Å². The van der Waals surface area contributed by atoms with Crippen LogP contribution in [0.25, 0.3) is 0 Å². The largest absolute Gasteiger partial charge is 0.496 e. The number of halogens is 2. The maximum atomic E-state index is 5.83. The van der Waals surface area contributed by atoms with Gasteiger partial charge in [0, 0.05) is 23.2 Å². The van der Waals surface area contributed by atoms with Crippen LogP contribution in [-0.4, -0.2) is 12.1 Å². The predicted octanol–water partition coefficient (Wildman–Crippen LogP) is 4.79. The van der Waals surface area contributed by atoms with E-state index >= 15 is 0 Å². The maximum Gasteiger partial charge on any atom is 0.134 e. The molecule has 0 radical (unpaired) electrons. The molecule has 0 N–H and O–H groups in total. The van der Waals surface area contributed by atoms with Crippen molar-refractivity contribution in [2.24, 2.45) is 0 Å². The number of benzene rings is 1. The molecule has 0 atom stereocenters. The van der Waals surface area contributed by atoms with E-state index in [1.165, 1.54) is 0 Å². The van der Waals surface area contributed by atoms with E-state index in [-0.39, 0.29) is 0 Å². The van der Waals surface area contributed by atoms with Crippen LogP contribution in [0, 0.1) is 13.8 Å². The van der Waals surface area contributed by atoms with Crippen molar-refractivity contribution in [1.82, 2.24) is 4.98 Å². The minimum absolute atomic E-state index is 0.390. The molecule has 21 heavy (non-hydrogen) atoms. The molecule has 1 heterocycles. The highest BCUT2D eigenvalue weighted by Gasteiger charge is 2.11. The van der Waals surface area contributed by atoms with Gasteiger partial charge in [-0.3, -0.25) is 4.98 Å². The molecular formula is C16H17BrClNO2. The maximum absolute atomic E-state index is 5.83. The minimum atomic E-state index is 0.390. The number of pyridine rings is 1. The molecule has 5 heteroatoms. The summed E-state index contributed by atoms with van der Waals surface area (Å²) in [6.45, 7) is 4.36. The number of rotatable bonds is 5. The van der Waals surface area contributed by atoms with Crippen LogP contribution in [0.4, 0.5) is 0 Å². The molecule has 0 aliphatic carbocycles. The second-order valence-corrected chi connectivity index (χ2v) is 5.85. The second kappa shape index (κ2) is 7.14. The zero-order valence-electron chi connectivity index (χ0n) is 12.2. The molecule has 0 fully saturated rings. The second-order valence-electron chi connectivity index (χ2n) is 4.73. The summed E-state index contributed by atoms with van der Waals surface area (Å²) in [5, 5.41) is 0. The highest BCUT2D eigenvalue weighted by molar-refractivity contribution is 9.10. The number of alkyl halides is 1. The van der Waals surface area contributed by atoms with Gasteiger partial charge >= 0.3 is 0 Å². The third kappa shape index (κ3) is 3.69. The first-order chi connectivity index (χ1) is 10.1. The first kappa shape index (κ1) is 16.1. The number of hydrogen-bond acceptors (Lipinski definition) is 3. The van der Waals surface area contributed by atoms with Crippen LogP contribution in [0.5, 0.6) is 11.5 Å². The van der Waals surface area contributed by atoms with Gasteiger partial charge in [0.25, 0.3) is 0 Å². The Hall–Kier alpha value is -1.26. The molecule has 0 aliphatic heterocycles. The molecule has 0 bridgehead atoms. The van der Waals surface area contributed by atoms with Crippen LogP contribution in [0.2, 0.25) is 0 Å². The Kier molecular flexibility index (Phi) is 5.48. The molecule has 0 saturated heterocycles. The van der Waals surface area contributed by atoms with Gasteiger partial charge in [-0.25, -0.2) is 0 Å². The molecule has 0 aliphatic rings. The number of aromatic nitrogens is 1. The van der Waals surface area contributed by atoms with E-state index in [1.807, 2.05) is 32.0 Å². The fraction of sp³-hybridized carbons (Fsp3) is 0.312. The van der Waals surface area contributed by atoms with Crippen molar-refractivity contribution in [3.63, 3.8) is 0 Å². The van der Waals surface area contributed by atoms with Gasteiger partial charge < -0.3 is 9.47 Å². The molecule has 2 aromatic rings. The third-order valence-corrected chi connectivity index (χ3v) is 4.19. The summed E-state index contributed by atoms with van der Waals surface area (Å²) >= 11 is 9.30. The van der Waals surface area contributed by atoms with Crippen LogP contribution in [-0.2, 0) is 12.5 Å². The summed E-state index contributed by atoms with van der Waals surface area (Å²) in [6.07, 6.45) is 1.80. The van der Waals surface area contributed by atoms with E-state index < -0.39 is 0 Å². The lowest BCUT2D eigenvalue weighted by Crippen LogP contribution is -2.04. The predicted molar refractivity (Wildman–Crippen MR) is 88.3 cm³/mol. The van der Waals surface area contributed by atoms with Crippen LogP contribution in [0.1, 0.15) is 22.4 Å². The Bertz CT molecular complexity index is 646. The summed E-state index contributed by atoms with van der Waals surface area (Å²) in [4.78, 5) is 4.42. The Morgan fingerprint density at radius 1 is 1.29 bits per heavy atom. The molecule has 1 aromatic carbocycles. The van der Waals surface area contributed by atoms with Crippen molar-refractivity contribution in [1.29, 1.82) is 0 Å². The molecule has 0 amide bonds. The first-order valence-corrected chi connectivity index (χ1v) is 7.85. The molecule has 0 spiro atoms. The van der Waals surface area contributed by atoms with Gasteiger partial charge in [-0.1, -0.05) is 6.07 Å². The van der Waals surface area contributed by atoms with E-state index in [0.29, 0.717) is 12.5 Å². The lowest BCUT2D eigenvalue weighted by atomic mass is 10.1. The SMILES string of the molecule is COc1c(C)cnc(COc2ccc(CCl)cc2Br)c1C. The van der Waals surface area contributed by atoms with Crippen LogP contribution < -0.4 is 9.47 Å². The number of nitrogens with zero attached hydrogens (tertiary/aromatic N) is 1. The van der Waals surface area contributed by atoms with E-state index in [9.17, 15) is 0 Å². The number of methoxy groups -OCH3 is 1. The van der Waals surface area contributed by atoms with Gasteiger partial charge in [0.15, 0.2) is 0 Å². The Morgan fingerprint density at radius 3 is 2.67 bits per heavy atom. The number of aryl methyl sites for hydroxylation is 1. The standard InChI is InChI=1S/C16H17BrClNO2/c1-10-8-19-14(11(2)16(10)20-3)9-21-15-5-4-12(7-18)6-13(15)17/h4-6,8H,7,9H2,1-3H3. The van der Waals surface area contributed by atoms with Crippen molar-refractivity contribution < 1.29 is 9.47 Å². The van der Waals surface area contributed by atoms with Crippen LogP contribution >= 0.6 is 27.5 Å². The van der Waals surface area contributed by atoms with Gasteiger partial charge in [0.1, 0.15) is 18.1 Å². The highest BCUT2D eigenvalue weighted by atomic mass is 79.9. The molecule has 112 valence electrons. The van der Waals surface area contributed by atoms with Gasteiger partial charge in [-0.05, 0) is 47.5 Å². The smallest absolute Gasteiger partial charge is 0.134 e. The normalized spacial score (nSPS) is 10.5. The fourth-order valence-corrected chi connectivity index (χ4v) is 2.81. The molecular weight excluding hydrogens is 354 g/mol. The van der Waals surface area contributed by atoms with Gasteiger partial charge in [-0.15, -0.1) is 11.6 Å². The first-order valence-electron chi connectivity index (χ1n) is 6.53. The van der Waals surface area contributed by atoms with Crippen molar-refractivity contribution in [3.8, 4) is 11.5 Å². The quantitative estimate of drug-likeness (QED) is 0.709. The monoisotopic (exact) mass is 369 g/mol. The van der Waals surface area contributed by atoms with Crippen LogP contribution in [0.15, 0.2) is 28.9 Å². The Labute approximate surface area is 138 Å². The average molecular weight is 371 g/mol. The molecule has 2 rings (SSSR count). The van der Waals surface area contributed by atoms with Crippen molar-refractivity contribution >= 4 is 27.5 Å². The minimum Gasteiger partial charge on any atom is -0.496 e. The molecule has 0 unspecified atom stereocenters. The zero-order chi connectivity index (χ0) is 15.4. The van der Waals surface area contributed by atoms with E-state index in [2.05, 4.69) is 20.9 Å². The van der Waals surface area contributed by atoms with Crippen molar-refractivity contribution in [3.05, 3.63) is 51.3 Å². The summed E-state index contributed by atoms with van der Waals surface area (Å²) in [5.41, 5.74) is 3.94. The van der Waals surface area contributed by atoms with Gasteiger partial charge in [0.2, 0.25) is 0 Å². The highest BCUT2D eigenvalue weighted by Crippen LogP contribution is 2.29. The molecule has 3 nitrogen and oxygen atoms in total. The van der Waals surface area contributed by atoms with E-state index in [1.54, 1.807) is 13.3 Å². The summed E-state index contributed by atoms with van der Waals surface area (Å²) in [5.74, 6) is 2.11. The van der Waals surface area contributed by atoms with Gasteiger partial charge in [0.05, 0.1) is 17.3 Å². The lowest BCUT2D eigenvalue weighted by molar-refractivity contribution is 0.297. The Morgan fingerprint density at radius 2 is 2.05 bits per heavy atom. The summed E-state index contributed by atoms with van der Waals surface area (Å²) < 4.78 is 12.1. The number of hydrogen-bond donors (Lipinski definition) is 0. The van der Waals surface area contributed by atoms with Gasteiger partial charge in [-0.2, -0.15) is 0 Å². The molecule has 1 aromatic heterocycles. The lowest BCUT2D eigenvalue weighted by Gasteiger charge is -2.14. The third-order valence-electron chi connectivity index (χ3n) is 3.26. The topological polar surface area (TPSA) is 31.4 Å². The van der Waals surface area contributed by atoms with Crippen molar-refractivity contribution in [2.75, 3.05) is 7.11 Å². The number of ether oxygens (including phenoxy) is 2. The zero-order valence-corrected chi connectivity index (χ0v) is 14.6. The van der Waals surface area contributed by atoms with E-state index in [4.69, 9.17) is 21.1 Å². The summed E-state index contributed by atoms with van der Waals surface area (Å²) in [6, 6.07) is 5.81. The molecule has 0 saturated carbocycles. The average Bonchev–Trinajstić information content (AvgIpc) is 2.48. The van der Waals surface area contributed by atoms with Crippen molar-refractivity contribution in [2.45, 2.75) is 26.3 Å².